The van der Waals surface area contributed by atoms with Crippen LogP contribution in [0.1, 0.15) is 17.3 Å². The largest absolute Gasteiger partial charge is 0.494 e. The summed E-state index contributed by atoms with van der Waals surface area (Å²) in [7, 11) is -4.21. The first-order chi connectivity index (χ1) is 15.2. The van der Waals surface area contributed by atoms with Gasteiger partial charge in [0.25, 0.3) is 0 Å². The highest BCUT2D eigenvalue weighted by atomic mass is 35.5. The van der Waals surface area contributed by atoms with E-state index in [4.69, 9.17) is 27.9 Å². The average Bonchev–Trinajstić information content (AvgIpc) is 2.76. The van der Waals surface area contributed by atoms with Crippen LogP contribution in [0, 0.1) is 5.82 Å². The third kappa shape index (κ3) is 3.99. The van der Waals surface area contributed by atoms with Gasteiger partial charge in [-0.15, -0.1) is 0 Å². The average molecular weight is 492 g/mol. The van der Waals surface area contributed by atoms with Crippen molar-refractivity contribution in [3.8, 4) is 5.75 Å². The topological polar surface area (TPSA) is 63.7 Å². The second-order valence-corrected chi connectivity index (χ2v) is 9.56. The van der Waals surface area contributed by atoms with Crippen molar-refractivity contribution < 1.29 is 22.3 Å². The van der Waals surface area contributed by atoms with E-state index < -0.39 is 26.3 Å². The first-order valence-electron chi connectivity index (χ1n) is 9.50. The summed E-state index contributed by atoms with van der Waals surface area (Å²) in [5, 5.41) is 0.525. The van der Waals surface area contributed by atoms with Crippen LogP contribution in [0.3, 0.4) is 0 Å². The Morgan fingerprint density at radius 3 is 2.38 bits per heavy atom. The minimum Gasteiger partial charge on any atom is -0.494 e. The molecule has 0 bridgehead atoms. The number of carbonyl (C=O) groups is 1. The SMILES string of the molecule is CCOc1ccc(C(=O)C2=CN(c3ccc(Cl)c(Cl)c3)c3cc(F)ccc3S2(=O)=O)cc1. The number of allylic oxidation sites excluding steroid dienone is 1. The van der Waals surface area contributed by atoms with Crippen LogP contribution in [-0.2, 0) is 9.84 Å². The summed E-state index contributed by atoms with van der Waals surface area (Å²) >= 11 is 12.1. The maximum atomic E-state index is 14.0. The zero-order valence-electron chi connectivity index (χ0n) is 16.7. The second-order valence-electron chi connectivity index (χ2n) is 6.86. The molecule has 3 aromatic rings. The summed E-state index contributed by atoms with van der Waals surface area (Å²) in [6, 6.07) is 14.1. The summed E-state index contributed by atoms with van der Waals surface area (Å²) in [6.07, 6.45) is 1.18. The summed E-state index contributed by atoms with van der Waals surface area (Å²) in [6.45, 7) is 2.29. The summed E-state index contributed by atoms with van der Waals surface area (Å²) in [5.74, 6) is -0.769. The Balaban J connectivity index is 1.87. The number of carbonyl (C=O) groups excluding carboxylic acids is 1. The quantitative estimate of drug-likeness (QED) is 0.314. The third-order valence-electron chi connectivity index (χ3n) is 4.84. The smallest absolute Gasteiger partial charge is 0.214 e. The first kappa shape index (κ1) is 22.3. The second kappa shape index (κ2) is 8.58. The standard InChI is InChI=1S/C23H16Cl2FNO4S/c1-2-31-17-7-3-14(4-8-17)23(28)22-13-27(16-6-9-18(24)19(25)12-16)20-11-15(26)5-10-21(20)32(22,29)30/h3-13H,2H2,1H3. The zero-order chi connectivity index (χ0) is 23.0. The number of hydrogen-bond donors (Lipinski definition) is 0. The third-order valence-corrected chi connectivity index (χ3v) is 7.37. The number of ether oxygens (including phenoxy) is 1. The molecule has 0 amide bonds. The monoisotopic (exact) mass is 491 g/mol. The molecule has 5 nitrogen and oxygen atoms in total. The predicted molar refractivity (Wildman–Crippen MR) is 122 cm³/mol. The lowest BCUT2D eigenvalue weighted by molar-refractivity contribution is 0.104. The number of sulfone groups is 1. The lowest BCUT2D eigenvalue weighted by Gasteiger charge is -2.29. The van der Waals surface area contributed by atoms with Crippen LogP contribution in [-0.4, -0.2) is 20.8 Å². The number of ketones is 1. The Bertz CT molecular complexity index is 1350. The molecular weight excluding hydrogens is 476 g/mol. The number of Topliss-reactive ketones (excluding diaryl/α,β-unsaturated/α-hetero) is 1. The maximum Gasteiger partial charge on any atom is 0.214 e. The van der Waals surface area contributed by atoms with Crippen molar-refractivity contribution in [1.29, 1.82) is 0 Å². The van der Waals surface area contributed by atoms with Crippen LogP contribution in [0.4, 0.5) is 15.8 Å². The lowest BCUT2D eigenvalue weighted by Crippen LogP contribution is -2.26. The van der Waals surface area contributed by atoms with Gasteiger partial charge in [0.2, 0.25) is 15.6 Å². The molecule has 0 unspecified atom stereocenters. The van der Waals surface area contributed by atoms with Gasteiger partial charge < -0.3 is 9.64 Å². The normalized spacial score (nSPS) is 14.5. The predicted octanol–water partition coefficient (Wildman–Crippen LogP) is 6.18. The van der Waals surface area contributed by atoms with Gasteiger partial charge in [0, 0.05) is 17.5 Å². The molecule has 32 heavy (non-hydrogen) atoms. The van der Waals surface area contributed by atoms with Crippen LogP contribution >= 0.6 is 23.2 Å². The number of fused-ring (bicyclic) bond motifs is 1. The highest BCUT2D eigenvalue weighted by molar-refractivity contribution is 7.96. The van der Waals surface area contributed by atoms with Crippen molar-refractivity contribution in [3.63, 3.8) is 0 Å². The van der Waals surface area contributed by atoms with Crippen LogP contribution in [0.2, 0.25) is 10.0 Å². The number of nitrogens with zero attached hydrogens (tertiary/aromatic N) is 1. The molecule has 0 saturated carbocycles. The Morgan fingerprint density at radius 1 is 1.00 bits per heavy atom. The van der Waals surface area contributed by atoms with E-state index in [0.29, 0.717) is 23.1 Å². The molecule has 0 N–H and O–H groups in total. The van der Waals surface area contributed by atoms with Gasteiger partial charge in [-0.2, -0.15) is 0 Å². The van der Waals surface area contributed by atoms with Crippen LogP contribution in [0.25, 0.3) is 0 Å². The van der Waals surface area contributed by atoms with E-state index in [1.54, 1.807) is 18.2 Å². The van der Waals surface area contributed by atoms with Gasteiger partial charge in [0.1, 0.15) is 16.5 Å². The van der Waals surface area contributed by atoms with Crippen molar-refractivity contribution in [2.75, 3.05) is 11.5 Å². The minimum atomic E-state index is -4.21. The number of rotatable bonds is 5. The first-order valence-corrected chi connectivity index (χ1v) is 11.7. The zero-order valence-corrected chi connectivity index (χ0v) is 19.0. The van der Waals surface area contributed by atoms with Crippen molar-refractivity contribution in [3.05, 3.63) is 93.2 Å². The Kier molecular flexibility index (Phi) is 5.99. The minimum absolute atomic E-state index is 0.0617. The molecule has 0 radical (unpaired) electrons. The highest BCUT2D eigenvalue weighted by Gasteiger charge is 2.36. The van der Waals surface area contributed by atoms with E-state index in [1.807, 2.05) is 6.92 Å². The molecule has 0 saturated heterocycles. The molecule has 164 valence electrons. The number of halogens is 3. The van der Waals surface area contributed by atoms with Crippen molar-refractivity contribution in [1.82, 2.24) is 0 Å². The molecule has 0 spiro atoms. The maximum absolute atomic E-state index is 14.0. The van der Waals surface area contributed by atoms with Gasteiger partial charge in [-0.25, -0.2) is 12.8 Å². The fourth-order valence-corrected chi connectivity index (χ4v) is 5.14. The van der Waals surface area contributed by atoms with E-state index in [-0.39, 0.29) is 21.2 Å². The van der Waals surface area contributed by atoms with Crippen molar-refractivity contribution in [2.24, 2.45) is 0 Å². The molecule has 0 atom stereocenters. The molecular formula is C23H16Cl2FNO4S. The molecule has 4 rings (SSSR count). The van der Waals surface area contributed by atoms with Gasteiger partial charge >= 0.3 is 0 Å². The van der Waals surface area contributed by atoms with Gasteiger partial charge in [-0.3, -0.25) is 4.79 Å². The molecule has 0 aromatic heterocycles. The summed E-state index contributed by atoms with van der Waals surface area (Å²) < 4.78 is 46.0. The van der Waals surface area contributed by atoms with Crippen LogP contribution in [0.15, 0.2) is 76.7 Å². The van der Waals surface area contributed by atoms with E-state index in [9.17, 15) is 17.6 Å². The van der Waals surface area contributed by atoms with Crippen LogP contribution in [0.5, 0.6) is 5.75 Å². The summed E-state index contributed by atoms with van der Waals surface area (Å²) in [5.41, 5.74) is 0.646. The number of hydrogen-bond acceptors (Lipinski definition) is 5. The molecule has 0 fully saturated rings. The molecule has 1 aliphatic heterocycles. The van der Waals surface area contributed by atoms with Gasteiger partial charge in [0.05, 0.1) is 27.2 Å². The van der Waals surface area contributed by atoms with E-state index >= 15 is 0 Å². The van der Waals surface area contributed by atoms with Gasteiger partial charge in [0.15, 0.2) is 0 Å². The molecule has 3 aromatic carbocycles. The van der Waals surface area contributed by atoms with Crippen molar-refractivity contribution in [2.45, 2.75) is 11.8 Å². The number of anilines is 2. The molecule has 1 heterocycles. The fraction of sp³-hybridized carbons (Fsp3) is 0.0870. The highest BCUT2D eigenvalue weighted by Crippen LogP contribution is 2.42. The Hall–Kier alpha value is -2.87. The Morgan fingerprint density at radius 2 is 1.72 bits per heavy atom. The lowest BCUT2D eigenvalue weighted by atomic mass is 10.1. The van der Waals surface area contributed by atoms with E-state index in [2.05, 4.69) is 0 Å². The van der Waals surface area contributed by atoms with E-state index in [0.717, 1.165) is 18.2 Å². The van der Waals surface area contributed by atoms with Gasteiger partial charge in [-0.1, -0.05) is 23.2 Å². The van der Waals surface area contributed by atoms with Gasteiger partial charge in [-0.05, 0) is 67.6 Å². The van der Waals surface area contributed by atoms with Crippen molar-refractivity contribution >= 4 is 50.2 Å². The molecule has 1 aliphatic rings. The van der Waals surface area contributed by atoms with Crippen LogP contribution < -0.4 is 9.64 Å². The fourth-order valence-electron chi connectivity index (χ4n) is 3.32. The number of benzene rings is 3. The molecule has 0 aliphatic carbocycles. The van der Waals surface area contributed by atoms with E-state index in [1.165, 1.54) is 35.4 Å². The summed E-state index contributed by atoms with van der Waals surface area (Å²) in [4.78, 5) is 14.0. The molecule has 9 heteroatoms. The Labute approximate surface area is 194 Å².